The Morgan fingerprint density at radius 3 is 2.40 bits per heavy atom. The standard InChI is InChI=1S/C19H15NO5/c1-10(12-4-7-15(21)16(22)9-12)8-13-5-2-11-3-6-14(19(24)25)18(23)17(11)20-13/h2-9,21-23H,1H3,(H,24,25)/b10-8+. The van der Waals surface area contributed by atoms with Crippen LogP contribution in [0.4, 0.5) is 0 Å². The lowest BCUT2D eigenvalue weighted by Gasteiger charge is -2.07. The number of benzene rings is 2. The minimum Gasteiger partial charge on any atom is -0.505 e. The maximum Gasteiger partial charge on any atom is 0.339 e. The minimum absolute atomic E-state index is 0.202. The molecule has 25 heavy (non-hydrogen) atoms. The molecule has 6 nitrogen and oxygen atoms in total. The number of carbonyl (C=O) groups is 1. The molecule has 0 bridgehead atoms. The molecule has 0 radical (unpaired) electrons. The first-order chi connectivity index (χ1) is 11.9. The number of phenols is 3. The van der Waals surface area contributed by atoms with Crippen LogP contribution >= 0.6 is 0 Å². The van der Waals surface area contributed by atoms with Crippen LogP contribution in [0.3, 0.4) is 0 Å². The number of nitrogens with zero attached hydrogens (tertiary/aromatic N) is 1. The Kier molecular flexibility index (Phi) is 4.02. The molecule has 0 amide bonds. The van der Waals surface area contributed by atoms with Crippen molar-refractivity contribution < 1.29 is 25.2 Å². The van der Waals surface area contributed by atoms with E-state index < -0.39 is 5.97 Å². The van der Waals surface area contributed by atoms with E-state index in [0.717, 1.165) is 5.57 Å². The van der Waals surface area contributed by atoms with Gasteiger partial charge >= 0.3 is 5.97 Å². The van der Waals surface area contributed by atoms with Gasteiger partial charge < -0.3 is 20.4 Å². The number of pyridine rings is 1. The minimum atomic E-state index is -1.22. The molecule has 1 heterocycles. The van der Waals surface area contributed by atoms with Crippen LogP contribution in [0.2, 0.25) is 0 Å². The second-order valence-corrected chi connectivity index (χ2v) is 5.61. The van der Waals surface area contributed by atoms with Gasteiger partial charge in [-0.1, -0.05) is 18.2 Å². The molecule has 0 atom stereocenters. The van der Waals surface area contributed by atoms with Crippen molar-refractivity contribution in [3.8, 4) is 17.2 Å². The SMILES string of the molecule is C/C(=C\c1ccc2ccc(C(=O)O)c(O)c2n1)c1ccc(O)c(O)c1. The molecule has 4 N–H and O–H groups in total. The van der Waals surface area contributed by atoms with Gasteiger partial charge in [0.2, 0.25) is 0 Å². The van der Waals surface area contributed by atoms with Crippen molar-refractivity contribution in [3.05, 3.63) is 59.3 Å². The van der Waals surface area contributed by atoms with E-state index in [1.165, 1.54) is 18.2 Å². The number of fused-ring (bicyclic) bond motifs is 1. The molecule has 0 fully saturated rings. The van der Waals surface area contributed by atoms with Crippen molar-refractivity contribution in [2.24, 2.45) is 0 Å². The van der Waals surface area contributed by atoms with Crippen molar-refractivity contribution >= 4 is 28.5 Å². The zero-order valence-electron chi connectivity index (χ0n) is 13.3. The summed E-state index contributed by atoms with van der Waals surface area (Å²) >= 11 is 0. The molecule has 3 rings (SSSR count). The van der Waals surface area contributed by atoms with E-state index in [1.54, 1.807) is 30.3 Å². The van der Waals surface area contributed by atoms with E-state index in [4.69, 9.17) is 5.11 Å². The molecular weight excluding hydrogens is 322 g/mol. The van der Waals surface area contributed by atoms with Crippen molar-refractivity contribution in [1.29, 1.82) is 0 Å². The number of aromatic carboxylic acids is 1. The number of aromatic hydroxyl groups is 3. The lowest BCUT2D eigenvalue weighted by molar-refractivity contribution is 0.0694. The molecule has 0 aliphatic heterocycles. The van der Waals surface area contributed by atoms with E-state index in [9.17, 15) is 20.1 Å². The summed E-state index contributed by atoms with van der Waals surface area (Å²) in [5.74, 6) is -2.02. The first-order valence-electron chi connectivity index (χ1n) is 7.43. The molecule has 0 aliphatic rings. The number of hydrogen-bond acceptors (Lipinski definition) is 5. The Balaban J connectivity index is 2.07. The van der Waals surface area contributed by atoms with Crippen LogP contribution in [0.5, 0.6) is 17.2 Å². The van der Waals surface area contributed by atoms with Crippen molar-refractivity contribution in [1.82, 2.24) is 4.98 Å². The van der Waals surface area contributed by atoms with Crippen LogP contribution in [0.25, 0.3) is 22.6 Å². The van der Waals surface area contributed by atoms with E-state index in [1.807, 2.05) is 6.92 Å². The fourth-order valence-electron chi connectivity index (χ4n) is 2.52. The summed E-state index contributed by atoms with van der Waals surface area (Å²) in [5.41, 5.74) is 1.99. The lowest BCUT2D eigenvalue weighted by Crippen LogP contribution is -1.98. The average Bonchev–Trinajstić information content (AvgIpc) is 2.57. The number of allylic oxidation sites excluding steroid dienone is 1. The topological polar surface area (TPSA) is 111 Å². The van der Waals surface area contributed by atoms with Gasteiger partial charge in [0.15, 0.2) is 17.2 Å². The molecule has 3 aromatic rings. The summed E-state index contributed by atoms with van der Waals surface area (Å²) in [7, 11) is 0. The molecule has 126 valence electrons. The maximum atomic E-state index is 11.1. The molecule has 0 saturated heterocycles. The smallest absolute Gasteiger partial charge is 0.339 e. The highest BCUT2D eigenvalue weighted by molar-refractivity contribution is 5.99. The van der Waals surface area contributed by atoms with Gasteiger partial charge in [-0.3, -0.25) is 0 Å². The second kappa shape index (κ2) is 6.16. The van der Waals surface area contributed by atoms with Crippen LogP contribution in [0, 0.1) is 0 Å². The summed E-state index contributed by atoms with van der Waals surface area (Å²) < 4.78 is 0. The largest absolute Gasteiger partial charge is 0.505 e. The van der Waals surface area contributed by atoms with Gasteiger partial charge in [-0.05, 0) is 48.4 Å². The number of rotatable bonds is 3. The molecule has 0 aliphatic carbocycles. The highest BCUT2D eigenvalue weighted by Crippen LogP contribution is 2.30. The second-order valence-electron chi connectivity index (χ2n) is 5.61. The van der Waals surface area contributed by atoms with Gasteiger partial charge in [0.05, 0.1) is 5.69 Å². The third kappa shape index (κ3) is 3.10. The van der Waals surface area contributed by atoms with E-state index in [0.29, 0.717) is 16.6 Å². The summed E-state index contributed by atoms with van der Waals surface area (Å²) in [5, 5.41) is 38.8. The fourth-order valence-corrected chi connectivity index (χ4v) is 2.52. The summed E-state index contributed by atoms with van der Waals surface area (Å²) in [6, 6.07) is 10.9. The molecule has 0 spiro atoms. The van der Waals surface area contributed by atoms with Gasteiger partial charge in [0.25, 0.3) is 0 Å². The van der Waals surface area contributed by atoms with Crippen LogP contribution in [0.1, 0.15) is 28.5 Å². The zero-order chi connectivity index (χ0) is 18.1. The zero-order valence-corrected chi connectivity index (χ0v) is 13.3. The molecule has 6 heteroatoms. The van der Waals surface area contributed by atoms with Crippen LogP contribution in [-0.4, -0.2) is 31.4 Å². The quantitative estimate of drug-likeness (QED) is 0.543. The van der Waals surface area contributed by atoms with Crippen molar-refractivity contribution in [2.45, 2.75) is 6.92 Å². The van der Waals surface area contributed by atoms with Crippen molar-refractivity contribution in [2.75, 3.05) is 0 Å². The van der Waals surface area contributed by atoms with Gasteiger partial charge in [0, 0.05) is 5.39 Å². The summed E-state index contributed by atoms with van der Waals surface area (Å²) in [6.07, 6.45) is 1.73. The van der Waals surface area contributed by atoms with Gasteiger partial charge in [-0.15, -0.1) is 0 Å². The molecule has 0 unspecified atom stereocenters. The monoisotopic (exact) mass is 337 g/mol. The lowest BCUT2D eigenvalue weighted by atomic mass is 10.0. The van der Waals surface area contributed by atoms with Crippen LogP contribution in [0.15, 0.2) is 42.5 Å². The van der Waals surface area contributed by atoms with Gasteiger partial charge in [-0.2, -0.15) is 0 Å². The maximum absolute atomic E-state index is 11.1. The predicted molar refractivity (Wildman–Crippen MR) is 93.7 cm³/mol. The van der Waals surface area contributed by atoms with E-state index >= 15 is 0 Å². The van der Waals surface area contributed by atoms with Crippen LogP contribution < -0.4 is 0 Å². The highest BCUT2D eigenvalue weighted by Gasteiger charge is 2.13. The number of carboxylic acids is 1. The Bertz CT molecular complexity index is 1020. The Morgan fingerprint density at radius 2 is 1.72 bits per heavy atom. The number of carboxylic acid groups (broad SMARTS) is 1. The number of aromatic nitrogens is 1. The third-order valence-corrected chi connectivity index (χ3v) is 3.88. The van der Waals surface area contributed by atoms with Crippen molar-refractivity contribution in [3.63, 3.8) is 0 Å². The Hall–Kier alpha value is -3.54. The first-order valence-corrected chi connectivity index (χ1v) is 7.43. The normalized spacial score (nSPS) is 11.6. The molecule has 0 saturated carbocycles. The Labute approximate surface area is 142 Å². The number of phenolic OH excluding ortho intramolecular Hbond substituents is 2. The molecular formula is C19H15NO5. The average molecular weight is 337 g/mol. The third-order valence-electron chi connectivity index (χ3n) is 3.88. The molecule has 1 aromatic heterocycles. The highest BCUT2D eigenvalue weighted by atomic mass is 16.4. The summed E-state index contributed by atoms with van der Waals surface area (Å²) in [4.78, 5) is 15.5. The van der Waals surface area contributed by atoms with Gasteiger partial charge in [-0.25, -0.2) is 9.78 Å². The van der Waals surface area contributed by atoms with E-state index in [-0.39, 0.29) is 28.3 Å². The van der Waals surface area contributed by atoms with Crippen LogP contribution in [-0.2, 0) is 0 Å². The fraction of sp³-hybridized carbons (Fsp3) is 0.0526. The number of hydrogen-bond donors (Lipinski definition) is 4. The predicted octanol–water partition coefficient (Wildman–Crippen LogP) is 3.61. The molecule has 2 aromatic carbocycles. The van der Waals surface area contributed by atoms with E-state index in [2.05, 4.69) is 4.98 Å². The Morgan fingerprint density at radius 1 is 1.00 bits per heavy atom. The van der Waals surface area contributed by atoms with Gasteiger partial charge in [0.1, 0.15) is 11.1 Å². The first kappa shape index (κ1) is 16.3. The summed E-state index contributed by atoms with van der Waals surface area (Å²) in [6.45, 7) is 1.81.